The van der Waals surface area contributed by atoms with Crippen molar-refractivity contribution in [2.75, 3.05) is 6.54 Å². The molecule has 4 rings (SSSR count). The van der Waals surface area contributed by atoms with Crippen LogP contribution in [0.5, 0.6) is 0 Å². The molecule has 0 bridgehead atoms. The van der Waals surface area contributed by atoms with E-state index >= 15 is 0 Å². The van der Waals surface area contributed by atoms with Crippen LogP contribution in [0.2, 0.25) is 0 Å². The Labute approximate surface area is 127 Å². The van der Waals surface area contributed by atoms with E-state index in [1.54, 1.807) is 6.07 Å². The Morgan fingerprint density at radius 3 is 3.00 bits per heavy atom. The van der Waals surface area contributed by atoms with Crippen molar-refractivity contribution in [3.05, 3.63) is 52.6 Å². The molecule has 0 atom stereocenters. The van der Waals surface area contributed by atoms with E-state index < -0.39 is 5.54 Å². The van der Waals surface area contributed by atoms with Crippen LogP contribution in [0.1, 0.15) is 40.2 Å². The number of halogens is 1. The molecule has 114 valence electrons. The van der Waals surface area contributed by atoms with Crippen molar-refractivity contribution in [2.45, 2.75) is 31.3 Å². The largest absolute Gasteiger partial charge is 0.341 e. The minimum absolute atomic E-state index is 0.192. The number of nitrogens with one attached hydrogen (secondary N) is 3. The summed E-state index contributed by atoms with van der Waals surface area (Å²) in [7, 11) is 0. The minimum atomic E-state index is -0.437. The number of hydrogen-bond acceptors (Lipinski definition) is 3. The van der Waals surface area contributed by atoms with Crippen molar-refractivity contribution in [1.29, 1.82) is 0 Å². The second-order valence-electron chi connectivity index (χ2n) is 6.00. The van der Waals surface area contributed by atoms with Crippen LogP contribution in [-0.2, 0) is 18.5 Å². The zero-order valence-corrected chi connectivity index (χ0v) is 12.1. The number of amides is 1. The first-order valence-electron chi connectivity index (χ1n) is 7.53. The normalized spacial score (nSPS) is 18.6. The van der Waals surface area contributed by atoms with Gasteiger partial charge in [-0.3, -0.25) is 9.89 Å². The summed E-state index contributed by atoms with van der Waals surface area (Å²) in [6.45, 7) is 1.55. The van der Waals surface area contributed by atoms with Crippen molar-refractivity contribution >= 4 is 5.91 Å². The number of hydrogen-bond donors (Lipinski definition) is 3. The molecule has 0 spiro atoms. The molecule has 1 saturated carbocycles. The first kappa shape index (κ1) is 13.5. The maximum absolute atomic E-state index is 13.4. The van der Waals surface area contributed by atoms with Crippen molar-refractivity contribution in [2.24, 2.45) is 0 Å². The standard InChI is InChI=1S/C16H17FN4O/c17-11-3-1-2-10(8-11)16(5-6-16)19-15(22)14-12-9-18-7-4-13(12)20-21-14/h1-3,8,18H,4-7,9H2,(H,19,22)(H,20,21). The van der Waals surface area contributed by atoms with Gasteiger partial charge < -0.3 is 10.6 Å². The molecule has 1 aromatic carbocycles. The average Bonchev–Trinajstić information content (AvgIpc) is 3.17. The van der Waals surface area contributed by atoms with E-state index in [9.17, 15) is 9.18 Å². The summed E-state index contributed by atoms with van der Waals surface area (Å²) in [6.07, 6.45) is 2.50. The van der Waals surface area contributed by atoms with E-state index in [-0.39, 0.29) is 11.7 Å². The van der Waals surface area contributed by atoms with Gasteiger partial charge in [0.25, 0.3) is 5.91 Å². The molecular weight excluding hydrogens is 283 g/mol. The second kappa shape index (κ2) is 4.91. The van der Waals surface area contributed by atoms with Crippen LogP contribution in [0, 0.1) is 5.82 Å². The van der Waals surface area contributed by atoms with Crippen LogP contribution in [0.4, 0.5) is 4.39 Å². The lowest BCUT2D eigenvalue weighted by molar-refractivity contribution is 0.0924. The van der Waals surface area contributed by atoms with Crippen molar-refractivity contribution in [3.8, 4) is 0 Å². The molecule has 3 N–H and O–H groups in total. The lowest BCUT2D eigenvalue weighted by Crippen LogP contribution is -2.36. The number of benzene rings is 1. The molecule has 0 saturated heterocycles. The van der Waals surface area contributed by atoms with Gasteiger partial charge in [0, 0.05) is 30.8 Å². The number of carbonyl (C=O) groups is 1. The molecule has 0 unspecified atom stereocenters. The molecular formula is C16H17FN4O. The van der Waals surface area contributed by atoms with Gasteiger partial charge in [0.15, 0.2) is 5.69 Å². The quantitative estimate of drug-likeness (QED) is 0.806. The van der Waals surface area contributed by atoms with E-state index in [4.69, 9.17) is 0 Å². The molecule has 0 radical (unpaired) electrons. The molecule has 2 aromatic rings. The summed E-state index contributed by atoms with van der Waals surface area (Å²) in [6, 6.07) is 6.45. The van der Waals surface area contributed by atoms with Gasteiger partial charge in [-0.15, -0.1) is 0 Å². The Morgan fingerprint density at radius 1 is 1.36 bits per heavy atom. The number of fused-ring (bicyclic) bond motifs is 1. The highest BCUT2D eigenvalue weighted by Crippen LogP contribution is 2.45. The van der Waals surface area contributed by atoms with E-state index in [1.807, 2.05) is 6.07 Å². The van der Waals surface area contributed by atoms with Gasteiger partial charge in [0.2, 0.25) is 0 Å². The fraction of sp³-hybridized carbons (Fsp3) is 0.375. The smallest absolute Gasteiger partial charge is 0.272 e. The van der Waals surface area contributed by atoms with Crippen LogP contribution in [0.3, 0.4) is 0 Å². The summed E-state index contributed by atoms with van der Waals surface area (Å²) >= 11 is 0. The van der Waals surface area contributed by atoms with Crippen LogP contribution >= 0.6 is 0 Å². The third-order valence-corrected chi connectivity index (χ3v) is 4.50. The number of nitrogens with zero attached hydrogens (tertiary/aromatic N) is 1. The Hall–Kier alpha value is -2.21. The summed E-state index contributed by atoms with van der Waals surface area (Å²) in [5, 5.41) is 13.4. The first-order valence-corrected chi connectivity index (χ1v) is 7.53. The summed E-state index contributed by atoms with van der Waals surface area (Å²) in [5.74, 6) is -0.470. The van der Waals surface area contributed by atoms with Gasteiger partial charge in [0.1, 0.15) is 5.82 Å². The van der Waals surface area contributed by atoms with E-state index in [0.29, 0.717) is 12.2 Å². The van der Waals surface area contributed by atoms with Crippen LogP contribution in [-0.4, -0.2) is 22.6 Å². The first-order chi connectivity index (χ1) is 10.7. The van der Waals surface area contributed by atoms with Gasteiger partial charge in [-0.2, -0.15) is 5.10 Å². The van der Waals surface area contributed by atoms with Gasteiger partial charge >= 0.3 is 0 Å². The zero-order valence-electron chi connectivity index (χ0n) is 12.1. The van der Waals surface area contributed by atoms with Crippen molar-refractivity contribution < 1.29 is 9.18 Å². The highest BCUT2D eigenvalue weighted by Gasteiger charge is 2.46. The molecule has 2 heterocycles. The zero-order chi connectivity index (χ0) is 15.2. The third kappa shape index (κ3) is 2.20. The Bertz CT molecular complexity index is 735. The fourth-order valence-corrected chi connectivity index (χ4v) is 3.09. The predicted octanol–water partition coefficient (Wildman–Crippen LogP) is 1.61. The molecule has 1 amide bonds. The molecule has 1 aliphatic heterocycles. The van der Waals surface area contributed by atoms with Gasteiger partial charge in [-0.05, 0) is 30.5 Å². The summed E-state index contributed by atoms with van der Waals surface area (Å²) in [4.78, 5) is 12.6. The second-order valence-corrected chi connectivity index (χ2v) is 6.00. The van der Waals surface area contributed by atoms with Crippen LogP contribution in [0.25, 0.3) is 0 Å². The average molecular weight is 300 g/mol. The molecule has 1 fully saturated rings. The number of carbonyl (C=O) groups excluding carboxylic acids is 1. The maximum Gasteiger partial charge on any atom is 0.272 e. The van der Waals surface area contributed by atoms with Gasteiger partial charge in [0.05, 0.1) is 5.54 Å². The number of aromatic nitrogens is 2. The van der Waals surface area contributed by atoms with E-state index in [1.165, 1.54) is 12.1 Å². The highest BCUT2D eigenvalue weighted by molar-refractivity contribution is 5.94. The molecule has 5 nitrogen and oxygen atoms in total. The lowest BCUT2D eigenvalue weighted by Gasteiger charge is -2.18. The molecule has 6 heteroatoms. The van der Waals surface area contributed by atoms with Crippen molar-refractivity contribution in [3.63, 3.8) is 0 Å². The van der Waals surface area contributed by atoms with E-state index in [2.05, 4.69) is 20.8 Å². The SMILES string of the molecule is O=C(NC1(c2cccc(F)c2)CC1)c1n[nH]c2c1CNCC2. The monoisotopic (exact) mass is 300 g/mol. The fourth-order valence-electron chi connectivity index (χ4n) is 3.09. The molecule has 1 aromatic heterocycles. The Balaban J connectivity index is 1.58. The molecule has 1 aliphatic carbocycles. The topological polar surface area (TPSA) is 69.8 Å². The Morgan fingerprint density at radius 2 is 2.23 bits per heavy atom. The van der Waals surface area contributed by atoms with Gasteiger partial charge in [-0.25, -0.2) is 4.39 Å². The molecule has 22 heavy (non-hydrogen) atoms. The summed E-state index contributed by atoms with van der Waals surface area (Å²) < 4.78 is 13.4. The lowest BCUT2D eigenvalue weighted by atomic mass is 10.0. The van der Waals surface area contributed by atoms with Crippen molar-refractivity contribution in [1.82, 2.24) is 20.8 Å². The maximum atomic E-state index is 13.4. The minimum Gasteiger partial charge on any atom is -0.341 e. The summed E-state index contributed by atoms with van der Waals surface area (Å²) in [5.41, 5.74) is 2.80. The highest BCUT2D eigenvalue weighted by atomic mass is 19.1. The number of aromatic amines is 1. The Kier molecular flexibility index (Phi) is 3.00. The number of H-pyrrole nitrogens is 1. The van der Waals surface area contributed by atoms with Gasteiger partial charge in [-0.1, -0.05) is 12.1 Å². The number of rotatable bonds is 3. The predicted molar refractivity (Wildman–Crippen MR) is 78.8 cm³/mol. The van der Waals surface area contributed by atoms with Crippen LogP contribution in [0.15, 0.2) is 24.3 Å². The van der Waals surface area contributed by atoms with E-state index in [0.717, 1.165) is 42.6 Å². The third-order valence-electron chi connectivity index (χ3n) is 4.50. The molecule has 2 aliphatic rings. The van der Waals surface area contributed by atoms with Crippen LogP contribution < -0.4 is 10.6 Å².